The number of hydrogen-bond acceptors (Lipinski definition) is 3. The smallest absolute Gasteiger partial charge is 0.265 e. The molecule has 2 amide bonds. The molecule has 0 fully saturated rings. The predicted molar refractivity (Wildman–Crippen MR) is 100.0 cm³/mol. The summed E-state index contributed by atoms with van der Waals surface area (Å²) >= 11 is 0. The number of hydrogen-bond donors (Lipinski definition) is 2. The Kier molecular flexibility index (Phi) is 6.33. The van der Waals surface area contributed by atoms with Gasteiger partial charge in [-0.3, -0.25) is 9.59 Å². The molecule has 0 saturated carbocycles. The van der Waals surface area contributed by atoms with Gasteiger partial charge in [-0.25, -0.2) is 4.39 Å². The third kappa shape index (κ3) is 5.31. The molecular formula is C20H23FN2O3. The molecule has 1 atom stereocenters. The summed E-state index contributed by atoms with van der Waals surface area (Å²) in [5, 5.41) is 5.03. The zero-order valence-electron chi connectivity index (χ0n) is 15.3. The first-order chi connectivity index (χ1) is 12.3. The van der Waals surface area contributed by atoms with Gasteiger partial charge in [-0.2, -0.15) is 0 Å². The largest absolute Gasteiger partial charge is 0.481 e. The Morgan fingerprint density at radius 2 is 1.77 bits per heavy atom. The van der Waals surface area contributed by atoms with Crippen LogP contribution in [-0.4, -0.2) is 17.9 Å². The summed E-state index contributed by atoms with van der Waals surface area (Å²) in [6, 6.07) is 11.5. The molecule has 0 aliphatic carbocycles. The maximum Gasteiger partial charge on any atom is 0.265 e. The van der Waals surface area contributed by atoms with Gasteiger partial charge < -0.3 is 15.4 Å². The van der Waals surface area contributed by atoms with E-state index in [9.17, 15) is 14.0 Å². The number of halogens is 1. The average molecular weight is 358 g/mol. The number of nitrogens with one attached hydrogen (secondary N) is 2. The van der Waals surface area contributed by atoms with E-state index in [4.69, 9.17) is 4.74 Å². The molecule has 2 aromatic carbocycles. The van der Waals surface area contributed by atoms with Crippen molar-refractivity contribution in [3.8, 4) is 5.75 Å². The van der Waals surface area contributed by atoms with E-state index in [0.717, 1.165) is 5.56 Å². The fraction of sp³-hybridized carbons (Fsp3) is 0.300. The first-order valence-corrected chi connectivity index (χ1v) is 8.41. The lowest BCUT2D eigenvalue weighted by molar-refractivity contribution is -0.122. The molecule has 5 nitrogen and oxygen atoms in total. The van der Waals surface area contributed by atoms with Gasteiger partial charge in [0.15, 0.2) is 6.10 Å². The van der Waals surface area contributed by atoms with Crippen LogP contribution in [0.3, 0.4) is 0 Å². The van der Waals surface area contributed by atoms with E-state index in [1.165, 1.54) is 25.1 Å². The minimum Gasteiger partial charge on any atom is -0.481 e. The first-order valence-electron chi connectivity index (χ1n) is 8.41. The van der Waals surface area contributed by atoms with E-state index in [1.807, 2.05) is 18.2 Å². The van der Waals surface area contributed by atoms with Gasteiger partial charge in [-0.1, -0.05) is 26.0 Å². The highest BCUT2D eigenvalue weighted by Crippen LogP contribution is 2.22. The van der Waals surface area contributed by atoms with Crippen molar-refractivity contribution in [2.45, 2.75) is 39.7 Å². The van der Waals surface area contributed by atoms with Crippen LogP contribution >= 0.6 is 0 Å². The fourth-order valence-electron chi connectivity index (χ4n) is 2.34. The van der Waals surface area contributed by atoms with Gasteiger partial charge in [0.05, 0.1) is 5.69 Å². The molecule has 6 heteroatoms. The van der Waals surface area contributed by atoms with Gasteiger partial charge in [0.2, 0.25) is 5.91 Å². The monoisotopic (exact) mass is 358 g/mol. The topological polar surface area (TPSA) is 67.4 Å². The molecule has 2 rings (SSSR count). The molecule has 2 N–H and O–H groups in total. The normalized spacial score (nSPS) is 11.8. The van der Waals surface area contributed by atoms with Crippen LogP contribution < -0.4 is 15.4 Å². The van der Waals surface area contributed by atoms with Crippen molar-refractivity contribution in [1.29, 1.82) is 0 Å². The number of carbonyl (C=O) groups excluding carboxylic acids is 2. The summed E-state index contributed by atoms with van der Waals surface area (Å²) < 4.78 is 19.6. The molecule has 0 spiro atoms. The maximum absolute atomic E-state index is 13.9. The molecule has 0 radical (unpaired) electrons. The van der Waals surface area contributed by atoms with Crippen molar-refractivity contribution in [1.82, 2.24) is 0 Å². The molecule has 26 heavy (non-hydrogen) atoms. The van der Waals surface area contributed by atoms with Crippen molar-refractivity contribution in [3.05, 3.63) is 53.8 Å². The molecular weight excluding hydrogens is 335 g/mol. The van der Waals surface area contributed by atoms with Crippen LogP contribution in [0.1, 0.15) is 39.2 Å². The van der Waals surface area contributed by atoms with Crippen molar-refractivity contribution in [2.75, 3.05) is 10.6 Å². The van der Waals surface area contributed by atoms with Gasteiger partial charge in [0.25, 0.3) is 5.91 Å². The van der Waals surface area contributed by atoms with E-state index < -0.39 is 17.8 Å². The van der Waals surface area contributed by atoms with Gasteiger partial charge in [0, 0.05) is 12.6 Å². The van der Waals surface area contributed by atoms with Gasteiger partial charge in [0.1, 0.15) is 11.6 Å². The Labute approximate surface area is 152 Å². The Morgan fingerprint density at radius 1 is 1.04 bits per heavy atom. The number of anilines is 2. The standard InChI is InChI=1S/C20H23FN2O3/c1-12(2)15-6-5-7-17(10-15)26-13(3)20(25)23-19-11-16(22-14(4)24)8-9-18(19)21/h5-13H,1-4H3,(H,22,24)(H,23,25). The van der Waals surface area contributed by atoms with Crippen molar-refractivity contribution >= 4 is 23.2 Å². The SMILES string of the molecule is CC(=O)Nc1ccc(F)c(NC(=O)C(C)Oc2cccc(C(C)C)c2)c1. The highest BCUT2D eigenvalue weighted by Gasteiger charge is 2.17. The summed E-state index contributed by atoms with van der Waals surface area (Å²) in [7, 11) is 0. The Hall–Kier alpha value is -2.89. The Balaban J connectivity index is 2.07. The molecule has 2 aromatic rings. The van der Waals surface area contributed by atoms with Crippen LogP contribution in [0.4, 0.5) is 15.8 Å². The zero-order valence-corrected chi connectivity index (χ0v) is 15.3. The van der Waals surface area contributed by atoms with Crippen LogP contribution in [0.2, 0.25) is 0 Å². The minimum absolute atomic E-state index is 0.0207. The van der Waals surface area contributed by atoms with Crippen LogP contribution in [0, 0.1) is 5.82 Å². The van der Waals surface area contributed by atoms with E-state index in [-0.39, 0.29) is 11.6 Å². The van der Waals surface area contributed by atoms with Gasteiger partial charge in [-0.15, -0.1) is 0 Å². The van der Waals surface area contributed by atoms with Gasteiger partial charge >= 0.3 is 0 Å². The summed E-state index contributed by atoms with van der Waals surface area (Å²) in [5.41, 5.74) is 1.48. The van der Waals surface area contributed by atoms with Crippen LogP contribution in [0.15, 0.2) is 42.5 Å². The van der Waals surface area contributed by atoms with Crippen LogP contribution in [-0.2, 0) is 9.59 Å². The molecule has 1 unspecified atom stereocenters. The molecule has 0 bridgehead atoms. The third-order valence-corrected chi connectivity index (χ3v) is 3.75. The second-order valence-electron chi connectivity index (χ2n) is 6.35. The summed E-state index contributed by atoms with van der Waals surface area (Å²) in [6.07, 6.45) is -0.818. The Morgan fingerprint density at radius 3 is 2.42 bits per heavy atom. The predicted octanol–water partition coefficient (Wildman–Crippen LogP) is 4.31. The number of benzene rings is 2. The van der Waals surface area contributed by atoms with Crippen molar-refractivity contribution in [3.63, 3.8) is 0 Å². The minimum atomic E-state index is -0.818. The lowest BCUT2D eigenvalue weighted by Gasteiger charge is -2.16. The Bertz CT molecular complexity index is 805. The lowest BCUT2D eigenvalue weighted by atomic mass is 10.0. The second kappa shape index (κ2) is 8.47. The molecule has 0 aliphatic rings. The molecule has 0 aliphatic heterocycles. The summed E-state index contributed by atoms with van der Waals surface area (Å²) in [6.45, 7) is 7.08. The third-order valence-electron chi connectivity index (χ3n) is 3.75. The number of rotatable bonds is 6. The van der Waals surface area contributed by atoms with E-state index in [0.29, 0.717) is 17.4 Å². The summed E-state index contributed by atoms with van der Waals surface area (Å²) in [5.74, 6) is -0.449. The number of carbonyl (C=O) groups is 2. The first kappa shape index (κ1) is 19.4. The highest BCUT2D eigenvalue weighted by molar-refractivity contribution is 5.95. The molecule has 0 saturated heterocycles. The fourth-order valence-corrected chi connectivity index (χ4v) is 2.34. The number of ether oxygens (including phenoxy) is 1. The molecule has 0 aromatic heterocycles. The summed E-state index contributed by atoms with van der Waals surface area (Å²) in [4.78, 5) is 23.4. The van der Waals surface area contributed by atoms with Crippen molar-refractivity contribution in [2.24, 2.45) is 0 Å². The van der Waals surface area contributed by atoms with Crippen LogP contribution in [0.5, 0.6) is 5.75 Å². The van der Waals surface area contributed by atoms with E-state index in [2.05, 4.69) is 24.5 Å². The van der Waals surface area contributed by atoms with Crippen molar-refractivity contribution < 1.29 is 18.7 Å². The van der Waals surface area contributed by atoms with E-state index in [1.54, 1.807) is 13.0 Å². The second-order valence-corrected chi connectivity index (χ2v) is 6.35. The zero-order chi connectivity index (χ0) is 19.3. The quantitative estimate of drug-likeness (QED) is 0.808. The van der Waals surface area contributed by atoms with Crippen LogP contribution in [0.25, 0.3) is 0 Å². The molecule has 138 valence electrons. The maximum atomic E-state index is 13.9. The van der Waals surface area contributed by atoms with Gasteiger partial charge in [-0.05, 0) is 48.7 Å². The average Bonchev–Trinajstić information content (AvgIpc) is 2.57. The number of amides is 2. The lowest BCUT2D eigenvalue weighted by Crippen LogP contribution is -2.30. The van der Waals surface area contributed by atoms with E-state index >= 15 is 0 Å². The molecule has 0 heterocycles. The highest BCUT2D eigenvalue weighted by atomic mass is 19.1.